The monoisotopic (exact) mass is 455 g/mol. The number of thiophene rings is 1. The molecule has 7 nitrogen and oxygen atoms in total. The zero-order chi connectivity index (χ0) is 22.8. The molecule has 0 atom stereocenters. The van der Waals surface area contributed by atoms with Crippen molar-refractivity contribution in [3.63, 3.8) is 0 Å². The minimum Gasteiger partial charge on any atom is -0.457 e. The number of rotatable bonds is 8. The lowest BCUT2D eigenvalue weighted by molar-refractivity contribution is -0.142. The van der Waals surface area contributed by atoms with Gasteiger partial charge in [-0.15, -0.1) is 11.3 Å². The van der Waals surface area contributed by atoms with Crippen molar-refractivity contribution >= 4 is 33.3 Å². The standard InChI is InChI=1S/C24H29N3O4S/c1-4-11-27-14(2)12-17(15(27)3)18(28)13-31-21(29)10-9-20-25-23(30)22-16-7-5-6-8-19(16)32-24(22)26-20/h12H,4-11,13H2,1-3H3,(H,25,26,30). The van der Waals surface area contributed by atoms with Gasteiger partial charge in [-0.1, -0.05) is 6.92 Å². The molecule has 1 aliphatic carbocycles. The van der Waals surface area contributed by atoms with Gasteiger partial charge in [-0.3, -0.25) is 14.4 Å². The number of carbonyl (C=O) groups excluding carboxylic acids is 2. The Kier molecular flexibility index (Phi) is 6.60. The summed E-state index contributed by atoms with van der Waals surface area (Å²) in [6, 6.07) is 1.85. The van der Waals surface area contributed by atoms with E-state index in [0.29, 0.717) is 16.8 Å². The van der Waals surface area contributed by atoms with Crippen LogP contribution >= 0.6 is 11.3 Å². The van der Waals surface area contributed by atoms with Crippen LogP contribution in [-0.4, -0.2) is 32.9 Å². The number of nitrogens with one attached hydrogen (secondary N) is 1. The summed E-state index contributed by atoms with van der Waals surface area (Å²) >= 11 is 1.59. The molecule has 3 aromatic rings. The number of H-pyrrole nitrogens is 1. The van der Waals surface area contributed by atoms with Crippen molar-refractivity contribution in [3.05, 3.63) is 49.6 Å². The third kappa shape index (κ3) is 4.41. The first-order chi connectivity index (χ1) is 15.4. The fourth-order valence-electron chi connectivity index (χ4n) is 4.49. The first kappa shape index (κ1) is 22.5. The molecule has 32 heavy (non-hydrogen) atoms. The molecule has 0 saturated carbocycles. The fraction of sp³-hybridized carbons (Fsp3) is 0.500. The first-order valence-corrected chi connectivity index (χ1v) is 12.1. The second-order valence-corrected chi connectivity index (χ2v) is 9.51. The maximum atomic E-state index is 12.6. The summed E-state index contributed by atoms with van der Waals surface area (Å²) in [6.07, 6.45) is 5.50. The molecule has 170 valence electrons. The summed E-state index contributed by atoms with van der Waals surface area (Å²) in [4.78, 5) is 46.8. The van der Waals surface area contributed by atoms with Crippen LogP contribution in [0.1, 0.15) is 70.6 Å². The number of aromatic amines is 1. The number of nitrogens with zero attached hydrogens (tertiary/aromatic N) is 2. The van der Waals surface area contributed by atoms with Gasteiger partial charge in [0, 0.05) is 34.8 Å². The maximum absolute atomic E-state index is 12.6. The van der Waals surface area contributed by atoms with Gasteiger partial charge in [0.05, 0.1) is 11.8 Å². The molecule has 0 aromatic carbocycles. The zero-order valence-electron chi connectivity index (χ0n) is 18.9. The highest BCUT2D eigenvalue weighted by Crippen LogP contribution is 2.33. The number of esters is 1. The highest BCUT2D eigenvalue weighted by Gasteiger charge is 2.20. The Bertz CT molecular complexity index is 1230. The molecule has 0 bridgehead atoms. The average molecular weight is 456 g/mol. The number of ether oxygens (including phenoxy) is 1. The van der Waals surface area contributed by atoms with E-state index in [2.05, 4.69) is 21.5 Å². The SMILES string of the molecule is CCCn1c(C)cc(C(=O)COC(=O)CCc2nc3sc4c(c3c(=O)[nH]2)CCCC4)c1C. The number of fused-ring (bicyclic) bond motifs is 3. The van der Waals surface area contributed by atoms with Crippen LogP contribution in [-0.2, 0) is 35.3 Å². The van der Waals surface area contributed by atoms with Gasteiger partial charge in [0.2, 0.25) is 5.78 Å². The van der Waals surface area contributed by atoms with Gasteiger partial charge in [0.15, 0.2) is 6.61 Å². The van der Waals surface area contributed by atoms with Gasteiger partial charge in [0.25, 0.3) is 5.56 Å². The molecule has 3 aromatic heterocycles. The second kappa shape index (κ2) is 9.40. The highest BCUT2D eigenvalue weighted by atomic mass is 32.1. The summed E-state index contributed by atoms with van der Waals surface area (Å²) in [5, 5.41) is 0.710. The molecular formula is C24H29N3O4S. The Morgan fingerprint density at radius 2 is 2.03 bits per heavy atom. The number of hydrogen-bond donors (Lipinski definition) is 1. The molecule has 8 heteroatoms. The Morgan fingerprint density at radius 1 is 1.25 bits per heavy atom. The largest absolute Gasteiger partial charge is 0.457 e. The number of aromatic nitrogens is 3. The Labute approximate surface area is 190 Å². The van der Waals surface area contributed by atoms with E-state index >= 15 is 0 Å². The molecule has 0 radical (unpaired) electrons. The van der Waals surface area contributed by atoms with Crippen LogP contribution in [0.2, 0.25) is 0 Å². The summed E-state index contributed by atoms with van der Waals surface area (Å²) in [5.74, 6) is -0.202. The molecule has 0 saturated heterocycles. The number of carbonyl (C=O) groups is 2. The van der Waals surface area contributed by atoms with E-state index < -0.39 is 5.97 Å². The van der Waals surface area contributed by atoms with Gasteiger partial charge in [-0.05, 0) is 57.6 Å². The van der Waals surface area contributed by atoms with Crippen molar-refractivity contribution in [3.8, 4) is 0 Å². The van der Waals surface area contributed by atoms with E-state index in [-0.39, 0.29) is 30.8 Å². The Balaban J connectivity index is 1.36. The third-order valence-corrected chi connectivity index (χ3v) is 7.31. The molecule has 4 rings (SSSR count). The van der Waals surface area contributed by atoms with Crippen molar-refractivity contribution in [2.75, 3.05) is 6.61 Å². The van der Waals surface area contributed by atoms with Gasteiger partial charge < -0.3 is 14.3 Å². The summed E-state index contributed by atoms with van der Waals surface area (Å²) in [7, 11) is 0. The van der Waals surface area contributed by atoms with Crippen molar-refractivity contribution in [2.24, 2.45) is 0 Å². The lowest BCUT2D eigenvalue weighted by Gasteiger charge is -2.09. The Hall–Kier alpha value is -2.74. The zero-order valence-corrected chi connectivity index (χ0v) is 19.7. The molecule has 0 fully saturated rings. The fourth-order valence-corrected chi connectivity index (χ4v) is 5.78. The molecule has 1 N–H and O–H groups in total. The number of Topliss-reactive ketones (excluding diaryl/α,β-unsaturated/α-hetero) is 1. The van der Waals surface area contributed by atoms with Gasteiger partial charge >= 0.3 is 5.97 Å². The van der Waals surface area contributed by atoms with E-state index in [1.165, 1.54) is 4.88 Å². The van der Waals surface area contributed by atoms with Crippen LogP contribution in [0, 0.1) is 13.8 Å². The van der Waals surface area contributed by atoms with Crippen LogP contribution in [0.3, 0.4) is 0 Å². The average Bonchev–Trinajstić information content (AvgIpc) is 3.29. The lowest BCUT2D eigenvalue weighted by atomic mass is 9.97. The van der Waals surface area contributed by atoms with E-state index in [1.54, 1.807) is 11.3 Å². The van der Waals surface area contributed by atoms with Gasteiger partial charge in [0.1, 0.15) is 10.7 Å². The first-order valence-electron chi connectivity index (χ1n) is 11.3. The summed E-state index contributed by atoms with van der Waals surface area (Å²) in [6.45, 7) is 6.55. The predicted octanol–water partition coefficient (Wildman–Crippen LogP) is 4.05. The predicted molar refractivity (Wildman–Crippen MR) is 125 cm³/mol. The lowest BCUT2D eigenvalue weighted by Crippen LogP contribution is -2.17. The van der Waals surface area contributed by atoms with Crippen molar-refractivity contribution < 1.29 is 14.3 Å². The quantitative estimate of drug-likeness (QED) is 0.408. The molecule has 0 unspecified atom stereocenters. The van der Waals surface area contributed by atoms with Crippen molar-refractivity contribution in [2.45, 2.75) is 72.3 Å². The minimum atomic E-state index is -0.478. The molecule has 0 aliphatic heterocycles. The number of aryl methyl sites for hydroxylation is 4. The third-order valence-electron chi connectivity index (χ3n) is 6.13. The van der Waals surface area contributed by atoms with Crippen LogP contribution < -0.4 is 5.56 Å². The maximum Gasteiger partial charge on any atom is 0.306 e. The van der Waals surface area contributed by atoms with Crippen molar-refractivity contribution in [1.29, 1.82) is 0 Å². The second-order valence-electron chi connectivity index (χ2n) is 8.42. The van der Waals surface area contributed by atoms with Crippen LogP contribution in [0.5, 0.6) is 0 Å². The normalized spacial score (nSPS) is 13.3. The molecule has 0 amide bonds. The van der Waals surface area contributed by atoms with Crippen LogP contribution in [0.15, 0.2) is 10.9 Å². The highest BCUT2D eigenvalue weighted by molar-refractivity contribution is 7.18. The van der Waals surface area contributed by atoms with Crippen LogP contribution in [0.4, 0.5) is 0 Å². The molecule has 0 spiro atoms. The van der Waals surface area contributed by atoms with Gasteiger partial charge in [-0.2, -0.15) is 0 Å². The summed E-state index contributed by atoms with van der Waals surface area (Å²) in [5.41, 5.74) is 3.55. The summed E-state index contributed by atoms with van der Waals surface area (Å²) < 4.78 is 7.32. The van der Waals surface area contributed by atoms with E-state index in [1.807, 2.05) is 19.9 Å². The van der Waals surface area contributed by atoms with Crippen molar-refractivity contribution in [1.82, 2.24) is 14.5 Å². The Morgan fingerprint density at radius 3 is 2.81 bits per heavy atom. The molecule has 3 heterocycles. The smallest absolute Gasteiger partial charge is 0.306 e. The van der Waals surface area contributed by atoms with E-state index in [4.69, 9.17) is 4.74 Å². The molecule has 1 aliphatic rings. The topological polar surface area (TPSA) is 94.0 Å². The van der Waals surface area contributed by atoms with Gasteiger partial charge in [-0.25, -0.2) is 4.98 Å². The molecular weight excluding hydrogens is 426 g/mol. The van der Waals surface area contributed by atoms with E-state index in [0.717, 1.165) is 60.4 Å². The minimum absolute atomic E-state index is 0.0572. The van der Waals surface area contributed by atoms with E-state index in [9.17, 15) is 14.4 Å². The van der Waals surface area contributed by atoms with Crippen LogP contribution in [0.25, 0.3) is 10.2 Å². The number of ketones is 1. The number of hydrogen-bond acceptors (Lipinski definition) is 6.